The first-order valence-electron chi connectivity index (χ1n) is 10.4. The number of aromatic hydroxyl groups is 1. The maximum absolute atomic E-state index is 14.1. The third-order valence-corrected chi connectivity index (χ3v) is 6.65. The van der Waals surface area contributed by atoms with E-state index >= 15 is 0 Å². The maximum atomic E-state index is 14.1. The summed E-state index contributed by atoms with van der Waals surface area (Å²) in [7, 11) is 0. The Morgan fingerprint density at radius 2 is 2.03 bits per heavy atom. The molecule has 1 unspecified atom stereocenters. The number of aryl methyl sites for hydroxylation is 1. The lowest BCUT2D eigenvalue weighted by atomic mass is 9.93. The topological polar surface area (TPSA) is 80.0 Å². The second kappa shape index (κ2) is 8.88. The van der Waals surface area contributed by atoms with Gasteiger partial charge in [0.05, 0.1) is 23.4 Å². The third-order valence-electron chi connectivity index (χ3n) is 5.58. The number of ether oxygens (including phenoxy) is 1. The highest BCUT2D eigenvalue weighted by Gasteiger charge is 2.34. The highest BCUT2D eigenvalue weighted by molar-refractivity contribution is 7.17. The molecule has 1 aliphatic heterocycles. The molecule has 0 radical (unpaired) electrons. The van der Waals surface area contributed by atoms with E-state index in [9.17, 15) is 18.7 Å². The first kappa shape index (κ1) is 21.6. The quantitative estimate of drug-likeness (QED) is 0.577. The molecular formula is C21H24F2N4O3S. The molecule has 1 aliphatic rings. The van der Waals surface area contributed by atoms with Gasteiger partial charge in [0.2, 0.25) is 10.8 Å². The van der Waals surface area contributed by atoms with Gasteiger partial charge in [-0.05, 0) is 50.6 Å². The van der Waals surface area contributed by atoms with Crippen LogP contribution in [0, 0.1) is 17.6 Å². The molecule has 0 saturated carbocycles. The largest absolute Gasteiger partial charge is 0.492 e. The highest BCUT2D eigenvalue weighted by Crippen LogP contribution is 2.41. The summed E-state index contributed by atoms with van der Waals surface area (Å²) in [6.45, 7) is 5.13. The van der Waals surface area contributed by atoms with Gasteiger partial charge in [-0.1, -0.05) is 24.3 Å². The fraction of sp³-hybridized carbons (Fsp3) is 0.476. The van der Waals surface area contributed by atoms with Crippen LogP contribution < -0.4 is 0 Å². The Bertz CT molecular complexity index is 1090. The van der Waals surface area contributed by atoms with Crippen LogP contribution in [0.15, 0.2) is 18.2 Å². The van der Waals surface area contributed by atoms with Crippen LogP contribution in [0.4, 0.5) is 8.78 Å². The van der Waals surface area contributed by atoms with Gasteiger partial charge in [0.25, 0.3) is 0 Å². The molecule has 1 saturated heterocycles. The predicted molar refractivity (Wildman–Crippen MR) is 111 cm³/mol. The molecule has 0 amide bonds. The first-order valence-corrected chi connectivity index (χ1v) is 11.2. The van der Waals surface area contributed by atoms with E-state index in [4.69, 9.17) is 4.74 Å². The lowest BCUT2D eigenvalue weighted by molar-refractivity contribution is -0.149. The number of halogens is 2. The van der Waals surface area contributed by atoms with E-state index in [2.05, 4.69) is 15.0 Å². The van der Waals surface area contributed by atoms with Gasteiger partial charge in [-0.3, -0.25) is 9.69 Å². The Hall–Kier alpha value is -2.59. The summed E-state index contributed by atoms with van der Waals surface area (Å²) in [6, 6.07) is 3.25. The number of hydrogen-bond donors (Lipinski definition) is 1. The van der Waals surface area contributed by atoms with Crippen molar-refractivity contribution in [3.63, 3.8) is 0 Å². The molecule has 166 valence electrons. The van der Waals surface area contributed by atoms with Crippen molar-refractivity contribution in [2.24, 2.45) is 5.92 Å². The molecule has 3 heterocycles. The van der Waals surface area contributed by atoms with E-state index in [-0.39, 0.29) is 17.8 Å². The van der Waals surface area contributed by atoms with Gasteiger partial charge in [-0.25, -0.2) is 13.8 Å². The number of fused-ring (bicyclic) bond motifs is 1. The second-order valence-corrected chi connectivity index (χ2v) is 8.51. The van der Waals surface area contributed by atoms with Crippen molar-refractivity contribution in [2.45, 2.75) is 39.2 Å². The Morgan fingerprint density at radius 1 is 1.29 bits per heavy atom. The lowest BCUT2D eigenvalue weighted by Crippen LogP contribution is -2.39. The number of piperidine rings is 1. The van der Waals surface area contributed by atoms with Crippen LogP contribution in [-0.2, 0) is 16.0 Å². The van der Waals surface area contributed by atoms with Crippen LogP contribution in [-0.4, -0.2) is 50.3 Å². The Morgan fingerprint density at radius 3 is 2.65 bits per heavy atom. The van der Waals surface area contributed by atoms with Crippen molar-refractivity contribution in [3.8, 4) is 5.88 Å². The number of carbonyl (C=O) groups is 1. The van der Waals surface area contributed by atoms with Crippen LogP contribution in [0.3, 0.4) is 0 Å². The normalized spacial score (nSPS) is 16.6. The number of benzene rings is 1. The van der Waals surface area contributed by atoms with Crippen molar-refractivity contribution < 1.29 is 23.4 Å². The molecule has 1 aromatic carbocycles. The van der Waals surface area contributed by atoms with E-state index in [1.54, 1.807) is 6.92 Å². The number of rotatable bonds is 6. The van der Waals surface area contributed by atoms with Crippen LogP contribution in [0.25, 0.3) is 4.96 Å². The second-order valence-electron chi connectivity index (χ2n) is 7.50. The zero-order valence-electron chi connectivity index (χ0n) is 17.3. The minimum atomic E-state index is -0.948. The smallest absolute Gasteiger partial charge is 0.309 e. The first-order chi connectivity index (χ1) is 14.9. The maximum Gasteiger partial charge on any atom is 0.309 e. The van der Waals surface area contributed by atoms with Crippen LogP contribution >= 0.6 is 11.3 Å². The molecule has 0 spiro atoms. The monoisotopic (exact) mass is 450 g/mol. The molecule has 1 N–H and O–H groups in total. The van der Waals surface area contributed by atoms with Gasteiger partial charge in [0.15, 0.2) is 17.5 Å². The average molecular weight is 451 g/mol. The third kappa shape index (κ3) is 4.14. The number of carbonyl (C=O) groups excluding carboxylic acids is 1. The minimum Gasteiger partial charge on any atom is -0.492 e. The Kier molecular flexibility index (Phi) is 6.19. The number of likely N-dealkylation sites (tertiary alicyclic amines) is 1. The van der Waals surface area contributed by atoms with E-state index < -0.39 is 17.7 Å². The number of nitrogens with zero attached hydrogens (tertiary/aromatic N) is 4. The van der Waals surface area contributed by atoms with Crippen molar-refractivity contribution in [1.82, 2.24) is 19.5 Å². The standard InChI is InChI=1S/C21H24F2N4O3S/c1-3-16-24-21-27(25-16)19(28)18(31-21)17(13-5-6-14(22)15(23)11-13)26-9-7-12(8-10-26)20(29)30-4-2/h5-6,11-12,17,28H,3-4,7-10H2,1-2H3. The van der Waals surface area contributed by atoms with Crippen molar-refractivity contribution in [2.75, 3.05) is 19.7 Å². The zero-order valence-corrected chi connectivity index (χ0v) is 18.2. The van der Waals surface area contributed by atoms with Gasteiger partial charge in [-0.2, -0.15) is 4.52 Å². The number of aromatic nitrogens is 3. The van der Waals surface area contributed by atoms with E-state index in [1.165, 1.54) is 21.9 Å². The highest BCUT2D eigenvalue weighted by atomic mass is 32.1. The summed E-state index contributed by atoms with van der Waals surface area (Å²) in [4.78, 5) is 19.7. The fourth-order valence-electron chi connectivity index (χ4n) is 3.98. The minimum absolute atomic E-state index is 0.0607. The molecule has 3 aromatic rings. The predicted octanol–water partition coefficient (Wildman–Crippen LogP) is 3.70. The molecule has 1 fully saturated rings. The molecule has 1 atom stereocenters. The van der Waals surface area contributed by atoms with E-state index in [0.717, 1.165) is 12.1 Å². The average Bonchev–Trinajstić information content (AvgIpc) is 3.31. The van der Waals surface area contributed by atoms with Gasteiger partial charge in [-0.15, -0.1) is 5.10 Å². The van der Waals surface area contributed by atoms with Gasteiger partial charge >= 0.3 is 5.97 Å². The molecule has 0 bridgehead atoms. The summed E-state index contributed by atoms with van der Waals surface area (Å²) in [5.41, 5.74) is 0.518. The van der Waals surface area contributed by atoms with Crippen molar-refractivity contribution in [3.05, 3.63) is 46.1 Å². The summed E-state index contributed by atoms with van der Waals surface area (Å²) in [5, 5.41) is 15.2. The molecule has 31 heavy (non-hydrogen) atoms. The lowest BCUT2D eigenvalue weighted by Gasteiger charge is -2.36. The molecular weight excluding hydrogens is 426 g/mol. The summed E-state index contributed by atoms with van der Waals surface area (Å²) < 4.78 is 34.2. The summed E-state index contributed by atoms with van der Waals surface area (Å²) in [6.07, 6.45) is 1.80. The Balaban J connectivity index is 1.69. The van der Waals surface area contributed by atoms with Gasteiger partial charge < -0.3 is 9.84 Å². The van der Waals surface area contributed by atoms with E-state index in [1.807, 2.05) is 6.92 Å². The molecule has 4 rings (SSSR count). The van der Waals surface area contributed by atoms with Gasteiger partial charge in [0.1, 0.15) is 0 Å². The molecule has 0 aliphatic carbocycles. The Labute approximate surface area is 182 Å². The zero-order chi connectivity index (χ0) is 22.1. The van der Waals surface area contributed by atoms with E-state index in [0.29, 0.717) is 60.2 Å². The number of hydrogen-bond acceptors (Lipinski definition) is 7. The number of thiazole rings is 1. The molecule has 7 nitrogen and oxygen atoms in total. The van der Waals surface area contributed by atoms with Crippen molar-refractivity contribution >= 4 is 22.3 Å². The fourth-order valence-corrected chi connectivity index (χ4v) is 5.12. The number of esters is 1. The summed E-state index contributed by atoms with van der Waals surface area (Å²) in [5.74, 6) is -1.72. The van der Waals surface area contributed by atoms with Crippen molar-refractivity contribution in [1.29, 1.82) is 0 Å². The van der Waals surface area contributed by atoms with Crippen LogP contribution in [0.5, 0.6) is 5.88 Å². The molecule has 2 aromatic heterocycles. The van der Waals surface area contributed by atoms with Crippen LogP contribution in [0.2, 0.25) is 0 Å². The van der Waals surface area contributed by atoms with Gasteiger partial charge in [0, 0.05) is 6.42 Å². The summed E-state index contributed by atoms with van der Waals surface area (Å²) >= 11 is 1.27. The SMILES string of the molecule is CCOC(=O)C1CCN(C(c2ccc(F)c(F)c2)c2sc3nc(CC)nn3c2O)CC1. The van der Waals surface area contributed by atoms with Crippen LogP contribution in [0.1, 0.15) is 49.0 Å². The molecule has 10 heteroatoms.